The number of carbonyl (C=O) groups is 3. The Morgan fingerprint density at radius 2 is 1.48 bits per heavy atom. The second kappa shape index (κ2) is 17.3. The van der Waals surface area contributed by atoms with Crippen LogP contribution in [0.3, 0.4) is 0 Å². The Labute approximate surface area is 328 Å². The average Bonchev–Trinajstić information content (AvgIpc) is 3.61. The van der Waals surface area contributed by atoms with Crippen molar-refractivity contribution in [2.75, 3.05) is 10.6 Å². The number of halogens is 4. The van der Waals surface area contributed by atoms with Crippen LogP contribution in [0.5, 0.6) is 0 Å². The van der Waals surface area contributed by atoms with Gasteiger partial charge < -0.3 is 16.0 Å². The van der Waals surface area contributed by atoms with Gasteiger partial charge in [0, 0.05) is 37.1 Å². The molecule has 260 valence electrons. The Hall–Kier alpha value is -4.61. The van der Waals surface area contributed by atoms with Crippen molar-refractivity contribution in [2.45, 2.75) is 10.1 Å². The van der Waals surface area contributed by atoms with E-state index in [1.165, 1.54) is 29.2 Å². The number of hydrogen-bond acceptors (Lipinski definition) is 6. The number of anilines is 2. The first-order chi connectivity index (χ1) is 25.1. The van der Waals surface area contributed by atoms with Gasteiger partial charge in [-0.15, -0.1) is 23.1 Å². The maximum Gasteiger partial charge on any atom is 0.272 e. The quantitative estimate of drug-likeness (QED) is 0.0894. The zero-order valence-electron chi connectivity index (χ0n) is 26.8. The summed E-state index contributed by atoms with van der Waals surface area (Å²) < 4.78 is 0. The van der Waals surface area contributed by atoms with Gasteiger partial charge in [0.2, 0.25) is 5.91 Å². The molecular weight excluding hydrogens is 778 g/mol. The molecule has 1 atom stereocenters. The maximum absolute atomic E-state index is 13.8. The van der Waals surface area contributed by atoms with E-state index >= 15 is 0 Å². The second-order valence-corrected chi connectivity index (χ2v) is 14.8. The molecule has 0 radical (unpaired) electrons. The minimum atomic E-state index is -0.669. The third kappa shape index (κ3) is 9.63. The van der Waals surface area contributed by atoms with Crippen LogP contribution in [-0.2, 0) is 9.59 Å². The van der Waals surface area contributed by atoms with Gasteiger partial charge in [-0.05, 0) is 71.8 Å². The molecule has 13 heteroatoms. The number of nitrogens with one attached hydrogen (secondary N) is 3. The molecular formula is C39H26Cl4N4O3S2. The molecule has 1 unspecified atom stereocenters. The van der Waals surface area contributed by atoms with E-state index in [-0.39, 0.29) is 11.6 Å². The summed E-state index contributed by atoms with van der Waals surface area (Å²) in [4.78, 5) is 45.9. The third-order valence-corrected chi connectivity index (χ3v) is 10.7. The van der Waals surface area contributed by atoms with Crippen LogP contribution in [0.4, 0.5) is 10.8 Å². The summed E-state index contributed by atoms with van der Waals surface area (Å²) in [5.74, 6) is -1.34. The zero-order chi connectivity index (χ0) is 36.6. The van der Waals surface area contributed by atoms with Crippen molar-refractivity contribution in [3.05, 3.63) is 169 Å². The average molecular weight is 805 g/mol. The van der Waals surface area contributed by atoms with Crippen molar-refractivity contribution in [1.29, 1.82) is 0 Å². The molecule has 0 aliphatic rings. The highest BCUT2D eigenvalue weighted by molar-refractivity contribution is 8.00. The number of aromatic nitrogens is 1. The van der Waals surface area contributed by atoms with Gasteiger partial charge in [-0.1, -0.05) is 113 Å². The van der Waals surface area contributed by atoms with Crippen molar-refractivity contribution in [2.24, 2.45) is 0 Å². The standard InChI is InChI=1S/C39H26Cl4N4O3S2/c40-27-16-14-25(31(42)20-27)19-33(45-36(48)24-10-5-2-6-11-24)37(49)44-28-12-7-13-29(21-28)52-35(23-8-3-1-4-9-23)38(50)47-39-46-34(22-51-39)26-15-17-30(41)32(43)18-26/h1-22,35H,(H,44,49)(H,45,48)(H,46,47,50)/b33-19+. The van der Waals surface area contributed by atoms with Gasteiger partial charge in [0.15, 0.2) is 5.13 Å². The van der Waals surface area contributed by atoms with E-state index in [9.17, 15) is 14.4 Å². The number of hydrogen-bond donors (Lipinski definition) is 3. The van der Waals surface area contributed by atoms with Gasteiger partial charge >= 0.3 is 0 Å². The molecule has 0 aliphatic carbocycles. The molecule has 0 fully saturated rings. The van der Waals surface area contributed by atoms with E-state index in [0.29, 0.717) is 52.6 Å². The number of amides is 3. The van der Waals surface area contributed by atoms with Crippen LogP contribution in [0, 0.1) is 0 Å². The first kappa shape index (κ1) is 37.2. The van der Waals surface area contributed by atoms with Crippen LogP contribution in [-0.4, -0.2) is 22.7 Å². The molecule has 3 amide bonds. The fraction of sp³-hybridized carbons (Fsp3) is 0.0256. The van der Waals surface area contributed by atoms with Crippen molar-refractivity contribution < 1.29 is 14.4 Å². The molecule has 5 aromatic carbocycles. The second-order valence-electron chi connectivity index (χ2n) is 11.1. The molecule has 6 rings (SSSR count). The molecule has 0 bridgehead atoms. The highest BCUT2D eigenvalue weighted by atomic mass is 35.5. The van der Waals surface area contributed by atoms with E-state index in [4.69, 9.17) is 46.4 Å². The first-order valence-corrected chi connectivity index (χ1v) is 18.8. The fourth-order valence-corrected chi connectivity index (χ4v) is 7.46. The Kier molecular flexibility index (Phi) is 12.3. The van der Waals surface area contributed by atoms with E-state index in [1.807, 2.05) is 47.8 Å². The smallest absolute Gasteiger partial charge is 0.272 e. The molecule has 52 heavy (non-hydrogen) atoms. The van der Waals surface area contributed by atoms with Crippen LogP contribution in [0.1, 0.15) is 26.7 Å². The Morgan fingerprint density at radius 1 is 0.731 bits per heavy atom. The van der Waals surface area contributed by atoms with Crippen molar-refractivity contribution >= 4 is 104 Å². The van der Waals surface area contributed by atoms with Gasteiger partial charge in [-0.3, -0.25) is 14.4 Å². The maximum atomic E-state index is 13.8. The summed E-state index contributed by atoms with van der Waals surface area (Å²) in [5, 5.41) is 11.7. The fourth-order valence-electron chi connectivity index (χ4n) is 4.89. The third-order valence-electron chi connectivity index (χ3n) is 7.43. The Balaban J connectivity index is 1.22. The molecule has 6 aromatic rings. The van der Waals surface area contributed by atoms with E-state index < -0.39 is 17.1 Å². The number of thioether (sulfide) groups is 1. The van der Waals surface area contributed by atoms with Crippen LogP contribution < -0.4 is 16.0 Å². The summed E-state index contributed by atoms with van der Waals surface area (Å²) in [5.41, 5.74) is 3.45. The van der Waals surface area contributed by atoms with Crippen LogP contribution >= 0.6 is 69.5 Å². The van der Waals surface area contributed by atoms with Crippen molar-refractivity contribution in [1.82, 2.24) is 10.3 Å². The Bertz CT molecular complexity index is 2280. The topological polar surface area (TPSA) is 100 Å². The van der Waals surface area contributed by atoms with Gasteiger partial charge in [-0.2, -0.15) is 0 Å². The predicted molar refractivity (Wildman–Crippen MR) is 215 cm³/mol. The number of benzene rings is 5. The summed E-state index contributed by atoms with van der Waals surface area (Å²) in [6, 6.07) is 35.0. The summed E-state index contributed by atoms with van der Waals surface area (Å²) in [6.45, 7) is 0. The lowest BCUT2D eigenvalue weighted by atomic mass is 10.1. The largest absolute Gasteiger partial charge is 0.321 e. The van der Waals surface area contributed by atoms with E-state index in [0.717, 1.165) is 11.1 Å². The summed E-state index contributed by atoms with van der Waals surface area (Å²) in [7, 11) is 0. The number of carbonyl (C=O) groups excluding carboxylic acids is 3. The lowest BCUT2D eigenvalue weighted by Gasteiger charge is -2.17. The van der Waals surface area contributed by atoms with E-state index in [2.05, 4.69) is 20.9 Å². The predicted octanol–water partition coefficient (Wildman–Crippen LogP) is 11.3. The molecule has 7 nitrogen and oxygen atoms in total. The summed E-state index contributed by atoms with van der Waals surface area (Å²) in [6.07, 6.45) is 1.48. The van der Waals surface area contributed by atoms with Crippen molar-refractivity contribution in [3.8, 4) is 11.3 Å². The van der Waals surface area contributed by atoms with Gasteiger partial charge in [-0.25, -0.2) is 4.98 Å². The Morgan fingerprint density at radius 3 is 2.21 bits per heavy atom. The minimum absolute atomic E-state index is 0.0404. The van der Waals surface area contributed by atoms with Gasteiger partial charge in [0.05, 0.1) is 15.7 Å². The molecule has 1 heterocycles. The lowest BCUT2D eigenvalue weighted by Crippen LogP contribution is -2.30. The molecule has 3 N–H and O–H groups in total. The molecule has 0 spiro atoms. The highest BCUT2D eigenvalue weighted by Crippen LogP contribution is 2.38. The number of thiazole rings is 1. The van der Waals surface area contributed by atoms with Crippen LogP contribution in [0.15, 0.2) is 137 Å². The van der Waals surface area contributed by atoms with Crippen molar-refractivity contribution in [3.63, 3.8) is 0 Å². The minimum Gasteiger partial charge on any atom is -0.321 e. The lowest BCUT2D eigenvalue weighted by molar-refractivity contribution is -0.116. The highest BCUT2D eigenvalue weighted by Gasteiger charge is 2.24. The van der Waals surface area contributed by atoms with Crippen LogP contribution in [0.25, 0.3) is 17.3 Å². The normalized spacial score (nSPS) is 11.8. The zero-order valence-corrected chi connectivity index (χ0v) is 31.4. The first-order valence-electron chi connectivity index (χ1n) is 15.5. The number of nitrogens with zero attached hydrogens (tertiary/aromatic N) is 1. The molecule has 0 aliphatic heterocycles. The van der Waals surface area contributed by atoms with E-state index in [1.54, 1.807) is 78.9 Å². The SMILES string of the molecule is O=C(Nc1cccc(SC(C(=O)Nc2nc(-c3ccc(Cl)c(Cl)c3)cs2)c2ccccc2)c1)/C(=C\c1ccc(Cl)cc1Cl)NC(=O)c1ccccc1. The molecule has 0 saturated heterocycles. The monoisotopic (exact) mass is 802 g/mol. The molecule has 1 aromatic heterocycles. The number of rotatable bonds is 11. The van der Waals surface area contributed by atoms with Crippen LogP contribution in [0.2, 0.25) is 20.1 Å². The van der Waals surface area contributed by atoms with Gasteiger partial charge in [0.1, 0.15) is 10.9 Å². The van der Waals surface area contributed by atoms with Gasteiger partial charge in [0.25, 0.3) is 11.8 Å². The molecule has 0 saturated carbocycles. The summed E-state index contributed by atoms with van der Waals surface area (Å²) >= 11 is 27.4.